The van der Waals surface area contributed by atoms with Crippen LogP contribution < -0.4 is 0 Å². The third-order valence-electron chi connectivity index (χ3n) is 2.34. The molecule has 2 heterocycles. The van der Waals surface area contributed by atoms with Gasteiger partial charge in [0.05, 0.1) is 11.0 Å². The maximum atomic E-state index is 4.32. The highest BCUT2D eigenvalue weighted by atomic mass is 79.9. The van der Waals surface area contributed by atoms with Gasteiger partial charge in [-0.25, -0.2) is 0 Å². The van der Waals surface area contributed by atoms with Gasteiger partial charge in [0.25, 0.3) is 0 Å². The number of rotatable bonds is 1. The van der Waals surface area contributed by atoms with E-state index in [0.29, 0.717) is 0 Å². The van der Waals surface area contributed by atoms with Crippen LogP contribution in [0.2, 0.25) is 0 Å². The third kappa shape index (κ3) is 1.27. The van der Waals surface area contributed by atoms with Crippen LogP contribution in [-0.2, 0) is 13.5 Å². The number of aromatic nitrogens is 2. The number of fused-ring (bicyclic) bond motifs is 1. The van der Waals surface area contributed by atoms with Gasteiger partial charge >= 0.3 is 0 Å². The third-order valence-corrected chi connectivity index (χ3v) is 2.98. The number of pyridine rings is 1. The first-order valence-corrected chi connectivity index (χ1v) is 5.12. The van der Waals surface area contributed by atoms with E-state index in [0.717, 1.165) is 16.4 Å². The molecule has 0 saturated heterocycles. The van der Waals surface area contributed by atoms with Crippen LogP contribution in [0.15, 0.2) is 22.8 Å². The maximum Gasteiger partial charge on any atom is 0.0895 e. The summed E-state index contributed by atoms with van der Waals surface area (Å²) in [7, 11) is 2.08. The lowest BCUT2D eigenvalue weighted by molar-refractivity contribution is 0.864. The molecule has 2 aromatic rings. The molecule has 2 nitrogen and oxygen atoms in total. The highest BCUT2D eigenvalue weighted by Gasteiger charge is 2.07. The molecule has 0 fully saturated rings. The van der Waals surface area contributed by atoms with Gasteiger partial charge < -0.3 is 4.57 Å². The van der Waals surface area contributed by atoms with Gasteiger partial charge in [0, 0.05) is 23.4 Å². The molecular weight excluding hydrogens is 228 g/mol. The average Bonchev–Trinajstić information content (AvgIpc) is 2.44. The molecule has 0 aromatic carbocycles. The van der Waals surface area contributed by atoms with E-state index >= 15 is 0 Å². The number of hydrogen-bond acceptors (Lipinski definition) is 1. The molecule has 0 N–H and O–H groups in total. The largest absolute Gasteiger partial charge is 0.345 e. The van der Waals surface area contributed by atoms with Gasteiger partial charge in [-0.15, -0.1) is 0 Å². The van der Waals surface area contributed by atoms with Crippen LogP contribution in [0.4, 0.5) is 0 Å². The number of halogens is 1. The van der Waals surface area contributed by atoms with Gasteiger partial charge in [-0.1, -0.05) is 6.92 Å². The van der Waals surface area contributed by atoms with E-state index in [1.54, 1.807) is 0 Å². The van der Waals surface area contributed by atoms with Crippen LogP contribution in [0, 0.1) is 0 Å². The first-order valence-electron chi connectivity index (χ1n) is 4.33. The average molecular weight is 239 g/mol. The van der Waals surface area contributed by atoms with Crippen molar-refractivity contribution in [2.45, 2.75) is 13.3 Å². The Morgan fingerprint density at radius 1 is 1.54 bits per heavy atom. The summed E-state index contributed by atoms with van der Waals surface area (Å²) in [5.41, 5.74) is 3.56. The highest BCUT2D eigenvalue weighted by molar-refractivity contribution is 9.10. The van der Waals surface area contributed by atoms with Crippen molar-refractivity contribution in [1.29, 1.82) is 0 Å². The molecule has 2 rings (SSSR count). The van der Waals surface area contributed by atoms with E-state index in [4.69, 9.17) is 0 Å². The Balaban J connectivity index is 2.85. The predicted molar refractivity (Wildman–Crippen MR) is 57.8 cm³/mol. The van der Waals surface area contributed by atoms with Crippen LogP contribution in [0.1, 0.15) is 12.6 Å². The van der Waals surface area contributed by atoms with Crippen molar-refractivity contribution in [3.63, 3.8) is 0 Å². The lowest BCUT2D eigenvalue weighted by Crippen LogP contribution is -1.93. The molecule has 0 aliphatic carbocycles. The van der Waals surface area contributed by atoms with Crippen LogP contribution in [0.3, 0.4) is 0 Å². The molecule has 0 aliphatic rings. The molecular formula is C10H11BrN2. The lowest BCUT2D eigenvalue weighted by Gasteiger charge is -2.01. The summed E-state index contributed by atoms with van der Waals surface area (Å²) in [6, 6.07) is 4.11. The maximum absolute atomic E-state index is 4.32. The van der Waals surface area contributed by atoms with Gasteiger partial charge in [-0.3, -0.25) is 4.98 Å². The Bertz CT molecular complexity index is 445. The Hall–Kier alpha value is -0.830. The van der Waals surface area contributed by atoms with Crippen LogP contribution in [0.25, 0.3) is 11.0 Å². The van der Waals surface area contributed by atoms with Gasteiger partial charge in [0.2, 0.25) is 0 Å². The first-order chi connectivity index (χ1) is 6.24. The second kappa shape index (κ2) is 3.14. The van der Waals surface area contributed by atoms with Crippen molar-refractivity contribution >= 4 is 27.0 Å². The molecule has 2 aromatic heterocycles. The summed E-state index contributed by atoms with van der Waals surface area (Å²) < 4.78 is 3.30. The number of hydrogen-bond donors (Lipinski definition) is 0. The van der Waals surface area contributed by atoms with E-state index in [1.807, 2.05) is 12.3 Å². The molecule has 0 amide bonds. The van der Waals surface area contributed by atoms with Crippen LogP contribution in [-0.4, -0.2) is 9.55 Å². The Morgan fingerprint density at radius 2 is 2.31 bits per heavy atom. The molecule has 0 saturated carbocycles. The van der Waals surface area contributed by atoms with E-state index < -0.39 is 0 Å². The van der Waals surface area contributed by atoms with Crippen molar-refractivity contribution in [3.05, 3.63) is 28.5 Å². The fourth-order valence-corrected chi connectivity index (χ4v) is 2.21. The Morgan fingerprint density at radius 3 is 2.92 bits per heavy atom. The minimum absolute atomic E-state index is 1.04. The number of nitrogens with zero attached hydrogens (tertiary/aromatic N) is 2. The molecule has 0 bridgehead atoms. The van der Waals surface area contributed by atoms with Crippen molar-refractivity contribution in [2.24, 2.45) is 7.05 Å². The fourth-order valence-electron chi connectivity index (χ4n) is 1.62. The van der Waals surface area contributed by atoms with Crippen LogP contribution >= 0.6 is 15.9 Å². The molecule has 0 spiro atoms. The van der Waals surface area contributed by atoms with Gasteiger partial charge in [0.15, 0.2) is 0 Å². The normalized spacial score (nSPS) is 11.0. The minimum Gasteiger partial charge on any atom is -0.345 e. The summed E-state index contributed by atoms with van der Waals surface area (Å²) in [6.07, 6.45) is 2.87. The molecule has 0 aliphatic heterocycles. The number of aryl methyl sites for hydroxylation is 2. The Labute approximate surface area is 85.7 Å². The zero-order chi connectivity index (χ0) is 9.42. The van der Waals surface area contributed by atoms with Crippen molar-refractivity contribution < 1.29 is 0 Å². The topological polar surface area (TPSA) is 17.8 Å². The quantitative estimate of drug-likeness (QED) is 0.748. The van der Waals surface area contributed by atoms with E-state index in [9.17, 15) is 0 Å². The SMILES string of the molecule is CCc1cc2nccc(Br)c2n1C. The standard InChI is InChI=1S/C10H11BrN2/c1-3-7-6-9-10(13(7)2)8(11)4-5-12-9/h4-6H,3H2,1-2H3. The summed E-state index contributed by atoms with van der Waals surface area (Å²) in [4.78, 5) is 4.32. The van der Waals surface area contributed by atoms with Gasteiger partial charge in [-0.2, -0.15) is 0 Å². The second-order valence-electron chi connectivity index (χ2n) is 3.07. The molecule has 0 unspecified atom stereocenters. The monoisotopic (exact) mass is 238 g/mol. The predicted octanol–water partition coefficient (Wildman–Crippen LogP) is 2.90. The Kier molecular flexibility index (Phi) is 2.12. The smallest absolute Gasteiger partial charge is 0.0895 e. The van der Waals surface area contributed by atoms with Crippen LogP contribution in [0.5, 0.6) is 0 Å². The minimum atomic E-state index is 1.04. The lowest BCUT2D eigenvalue weighted by atomic mass is 10.3. The zero-order valence-corrected chi connectivity index (χ0v) is 9.30. The summed E-state index contributed by atoms with van der Waals surface area (Å²) in [5, 5.41) is 0. The van der Waals surface area contributed by atoms with E-state index in [1.165, 1.54) is 11.2 Å². The second-order valence-corrected chi connectivity index (χ2v) is 3.93. The van der Waals surface area contributed by atoms with Gasteiger partial charge in [-0.05, 0) is 34.5 Å². The summed E-state index contributed by atoms with van der Waals surface area (Å²) >= 11 is 3.53. The summed E-state index contributed by atoms with van der Waals surface area (Å²) in [5.74, 6) is 0. The van der Waals surface area contributed by atoms with Gasteiger partial charge in [0.1, 0.15) is 0 Å². The molecule has 68 valence electrons. The first kappa shape index (κ1) is 8.75. The molecule has 3 heteroatoms. The molecule has 13 heavy (non-hydrogen) atoms. The van der Waals surface area contributed by atoms with Crippen molar-refractivity contribution in [3.8, 4) is 0 Å². The molecule has 0 radical (unpaired) electrons. The van der Waals surface area contributed by atoms with E-state index in [-0.39, 0.29) is 0 Å². The molecule has 0 atom stereocenters. The summed E-state index contributed by atoms with van der Waals surface area (Å²) in [6.45, 7) is 2.15. The highest BCUT2D eigenvalue weighted by Crippen LogP contribution is 2.24. The van der Waals surface area contributed by atoms with Crippen molar-refractivity contribution in [1.82, 2.24) is 9.55 Å². The van der Waals surface area contributed by atoms with Crippen molar-refractivity contribution in [2.75, 3.05) is 0 Å². The zero-order valence-electron chi connectivity index (χ0n) is 7.71. The fraction of sp³-hybridized carbons (Fsp3) is 0.300. The van der Waals surface area contributed by atoms with E-state index in [2.05, 4.69) is 45.5 Å².